The van der Waals surface area contributed by atoms with Gasteiger partial charge in [0, 0.05) is 13.1 Å². The number of urea groups is 1. The fourth-order valence-electron chi connectivity index (χ4n) is 1.99. The molecule has 108 valence electrons. The molecule has 1 aromatic rings. The topological polar surface area (TPSA) is 98.7 Å². The van der Waals surface area contributed by atoms with E-state index in [1.54, 1.807) is 19.2 Å². The number of nitrogens with zero attached hydrogens (tertiary/aromatic N) is 1. The van der Waals surface area contributed by atoms with Gasteiger partial charge in [-0.15, -0.1) is 11.3 Å². The van der Waals surface area contributed by atoms with Crippen LogP contribution in [-0.2, 0) is 4.79 Å². The molecule has 0 spiro atoms. The van der Waals surface area contributed by atoms with Crippen molar-refractivity contribution in [3.05, 3.63) is 17.0 Å². The summed E-state index contributed by atoms with van der Waals surface area (Å²) in [6.45, 7) is 4.05. The van der Waals surface area contributed by atoms with Gasteiger partial charge in [0.1, 0.15) is 10.5 Å². The summed E-state index contributed by atoms with van der Waals surface area (Å²) in [5, 5.41) is 16.1. The second-order valence-electron chi connectivity index (χ2n) is 4.87. The maximum absolute atomic E-state index is 12.3. The maximum atomic E-state index is 12.3. The lowest BCUT2D eigenvalue weighted by molar-refractivity contribution is -0.132. The van der Waals surface area contributed by atoms with Gasteiger partial charge in [-0.1, -0.05) is 0 Å². The largest absolute Gasteiger partial charge is 0.478 e. The number of carboxylic acids is 1. The Hall–Kier alpha value is -2.09. The Balaban J connectivity index is 2.17. The molecule has 0 bridgehead atoms. The zero-order valence-corrected chi connectivity index (χ0v) is 11.9. The van der Waals surface area contributed by atoms with Crippen molar-refractivity contribution in [1.29, 1.82) is 0 Å². The number of carboxylic acid groups (broad SMARTS) is 1. The van der Waals surface area contributed by atoms with Crippen LogP contribution in [0.4, 0.5) is 9.80 Å². The fraction of sp³-hybridized carbons (Fsp3) is 0.417. The predicted molar refractivity (Wildman–Crippen MR) is 74.1 cm³/mol. The molecule has 20 heavy (non-hydrogen) atoms. The number of hydrogen-bond donors (Lipinski definition) is 3. The number of nitrogens with one attached hydrogen (secondary N) is 2. The summed E-state index contributed by atoms with van der Waals surface area (Å²) < 4.78 is 0. The Morgan fingerprint density at radius 1 is 1.50 bits per heavy atom. The lowest BCUT2D eigenvalue weighted by Gasteiger charge is -2.40. The van der Waals surface area contributed by atoms with Crippen LogP contribution in [0.25, 0.3) is 0 Å². The normalized spacial score (nSPS) is 17.5. The summed E-state index contributed by atoms with van der Waals surface area (Å²) in [6, 6.07) is 0.950. The van der Waals surface area contributed by atoms with Gasteiger partial charge in [0.25, 0.3) is 0 Å². The van der Waals surface area contributed by atoms with Crippen LogP contribution in [0.15, 0.2) is 11.4 Å². The smallest absolute Gasteiger partial charge is 0.338 e. The number of aromatic carboxylic acids is 1. The van der Waals surface area contributed by atoms with Crippen LogP contribution in [0.2, 0.25) is 0 Å². The summed E-state index contributed by atoms with van der Waals surface area (Å²) in [5.74, 6) is -1.33. The van der Waals surface area contributed by atoms with Crippen molar-refractivity contribution in [2.75, 3.05) is 18.4 Å². The number of thiophene rings is 1. The Kier molecular flexibility index (Phi) is 3.67. The monoisotopic (exact) mass is 297 g/mol. The van der Waals surface area contributed by atoms with Gasteiger partial charge in [-0.3, -0.25) is 10.1 Å². The van der Waals surface area contributed by atoms with Crippen LogP contribution in [0.5, 0.6) is 0 Å². The number of carbonyl (C=O) groups excluding carboxylic acids is 2. The van der Waals surface area contributed by atoms with Crippen molar-refractivity contribution in [1.82, 2.24) is 10.2 Å². The van der Waals surface area contributed by atoms with Crippen LogP contribution in [0.1, 0.15) is 24.2 Å². The van der Waals surface area contributed by atoms with E-state index in [0.717, 1.165) is 11.3 Å². The first kappa shape index (κ1) is 14.3. The lowest BCUT2D eigenvalue weighted by atomic mass is 9.99. The minimum Gasteiger partial charge on any atom is -0.478 e. The van der Waals surface area contributed by atoms with E-state index in [-0.39, 0.29) is 16.5 Å². The molecule has 1 aliphatic rings. The highest BCUT2D eigenvalue weighted by molar-refractivity contribution is 7.14. The zero-order chi connectivity index (χ0) is 14.9. The molecule has 0 atom stereocenters. The molecule has 1 aromatic heterocycles. The van der Waals surface area contributed by atoms with Gasteiger partial charge in [0.15, 0.2) is 0 Å². The Labute approximate surface area is 119 Å². The number of piperazine rings is 1. The molecule has 1 aliphatic heterocycles. The Bertz CT molecular complexity index is 567. The minimum atomic E-state index is -1.10. The van der Waals surface area contributed by atoms with Gasteiger partial charge in [-0.2, -0.15) is 0 Å². The van der Waals surface area contributed by atoms with Crippen molar-refractivity contribution >= 4 is 34.2 Å². The molecule has 0 unspecified atom stereocenters. The second kappa shape index (κ2) is 5.12. The van der Waals surface area contributed by atoms with E-state index in [2.05, 4.69) is 10.6 Å². The summed E-state index contributed by atoms with van der Waals surface area (Å²) in [5.41, 5.74) is -0.925. The fourth-order valence-corrected chi connectivity index (χ4v) is 2.76. The first-order chi connectivity index (χ1) is 9.34. The molecule has 3 amide bonds. The quantitative estimate of drug-likeness (QED) is 0.763. The molecule has 3 N–H and O–H groups in total. The zero-order valence-electron chi connectivity index (χ0n) is 11.1. The molecular formula is C12H15N3O4S. The van der Waals surface area contributed by atoms with E-state index >= 15 is 0 Å². The molecule has 8 heteroatoms. The van der Waals surface area contributed by atoms with Gasteiger partial charge in [-0.25, -0.2) is 9.59 Å². The number of hydrogen-bond acceptors (Lipinski definition) is 4. The van der Waals surface area contributed by atoms with Crippen molar-refractivity contribution in [2.45, 2.75) is 19.4 Å². The molecular weight excluding hydrogens is 282 g/mol. The maximum Gasteiger partial charge on any atom is 0.338 e. The average Bonchev–Trinajstić information content (AvgIpc) is 2.80. The van der Waals surface area contributed by atoms with E-state index in [1.807, 2.05) is 0 Å². The van der Waals surface area contributed by atoms with Crippen molar-refractivity contribution in [3.63, 3.8) is 0 Å². The van der Waals surface area contributed by atoms with E-state index in [9.17, 15) is 14.4 Å². The first-order valence-corrected chi connectivity index (χ1v) is 6.89. The molecule has 0 radical (unpaired) electrons. The standard InChI is InChI=1S/C12H15N3O4S/c1-12(2)10(18)13-4-5-15(12)11(19)14-8-7(9(16)17)3-6-20-8/h3,6H,4-5H2,1-2H3,(H,13,18)(H,14,19)(H,16,17). The third-order valence-corrected chi connectivity index (χ3v) is 4.04. The van der Waals surface area contributed by atoms with Crippen molar-refractivity contribution < 1.29 is 19.5 Å². The van der Waals surface area contributed by atoms with Gasteiger partial charge in [0.05, 0.1) is 5.56 Å². The molecule has 2 heterocycles. The van der Waals surface area contributed by atoms with E-state index in [0.29, 0.717) is 13.1 Å². The number of anilines is 1. The predicted octanol–water partition coefficient (Wildman–Crippen LogP) is 1.19. The van der Waals surface area contributed by atoms with Crippen LogP contribution < -0.4 is 10.6 Å². The molecule has 0 aliphatic carbocycles. The van der Waals surface area contributed by atoms with Crippen LogP contribution >= 0.6 is 11.3 Å². The summed E-state index contributed by atoms with van der Waals surface area (Å²) in [6.07, 6.45) is 0. The molecule has 1 saturated heterocycles. The minimum absolute atomic E-state index is 0.0441. The van der Waals surface area contributed by atoms with Crippen LogP contribution in [-0.4, -0.2) is 46.5 Å². The lowest BCUT2D eigenvalue weighted by Crippen LogP contribution is -2.64. The Morgan fingerprint density at radius 3 is 2.85 bits per heavy atom. The van der Waals surface area contributed by atoms with Gasteiger partial charge >= 0.3 is 12.0 Å². The molecule has 0 aromatic carbocycles. The molecule has 2 rings (SSSR count). The van der Waals surface area contributed by atoms with Crippen LogP contribution in [0.3, 0.4) is 0 Å². The highest BCUT2D eigenvalue weighted by atomic mass is 32.1. The van der Waals surface area contributed by atoms with E-state index in [4.69, 9.17) is 5.11 Å². The highest BCUT2D eigenvalue weighted by Crippen LogP contribution is 2.25. The average molecular weight is 297 g/mol. The van der Waals surface area contributed by atoms with Crippen LogP contribution in [0, 0.1) is 0 Å². The molecule has 7 nitrogen and oxygen atoms in total. The third-order valence-electron chi connectivity index (χ3n) is 3.21. The van der Waals surface area contributed by atoms with Gasteiger partial charge in [-0.05, 0) is 25.3 Å². The number of amides is 3. The molecule has 1 fully saturated rings. The number of carbonyl (C=O) groups is 3. The molecule has 0 saturated carbocycles. The van der Waals surface area contributed by atoms with E-state index < -0.39 is 17.5 Å². The first-order valence-electron chi connectivity index (χ1n) is 6.01. The highest BCUT2D eigenvalue weighted by Gasteiger charge is 2.40. The van der Waals surface area contributed by atoms with E-state index in [1.165, 1.54) is 11.0 Å². The van der Waals surface area contributed by atoms with Crippen molar-refractivity contribution in [3.8, 4) is 0 Å². The summed E-state index contributed by atoms with van der Waals surface area (Å²) in [4.78, 5) is 36.4. The summed E-state index contributed by atoms with van der Waals surface area (Å²) >= 11 is 1.13. The van der Waals surface area contributed by atoms with Gasteiger partial charge < -0.3 is 15.3 Å². The van der Waals surface area contributed by atoms with Crippen molar-refractivity contribution in [2.24, 2.45) is 0 Å². The second-order valence-corrected chi connectivity index (χ2v) is 5.78. The third kappa shape index (κ3) is 2.46. The summed E-state index contributed by atoms with van der Waals surface area (Å²) in [7, 11) is 0. The Morgan fingerprint density at radius 2 is 2.20 bits per heavy atom. The SMILES string of the molecule is CC1(C)C(=O)NCCN1C(=O)Nc1sccc1C(=O)O. The van der Waals surface area contributed by atoms with Gasteiger partial charge in [0.2, 0.25) is 5.91 Å². The number of rotatable bonds is 2.